The Kier molecular flexibility index (Phi) is 7.84. The minimum absolute atomic E-state index is 0.229. The highest BCUT2D eigenvalue weighted by atomic mass is 16.4. The van der Waals surface area contributed by atoms with Crippen LogP contribution in [-0.2, 0) is 4.79 Å². The molecule has 0 aromatic rings. The van der Waals surface area contributed by atoms with Gasteiger partial charge < -0.3 is 15.3 Å². The molecular formula is C12H22N2O3. The number of hydrogen-bond donors (Lipinski definition) is 2. The van der Waals surface area contributed by atoms with Gasteiger partial charge in [-0.3, -0.25) is 0 Å². The summed E-state index contributed by atoms with van der Waals surface area (Å²) in [6.45, 7) is 8.72. The first-order valence-corrected chi connectivity index (χ1v) is 5.95. The molecule has 17 heavy (non-hydrogen) atoms. The second-order valence-corrected chi connectivity index (χ2v) is 3.85. The Balaban J connectivity index is 4.43. The maximum absolute atomic E-state index is 11.8. The Morgan fingerprint density at radius 1 is 1.35 bits per heavy atom. The molecule has 0 aliphatic rings. The van der Waals surface area contributed by atoms with Crippen molar-refractivity contribution in [2.75, 3.05) is 13.1 Å². The lowest BCUT2D eigenvalue weighted by molar-refractivity contribution is -0.139. The largest absolute Gasteiger partial charge is 0.480 e. The lowest BCUT2D eigenvalue weighted by Crippen LogP contribution is -2.48. The summed E-state index contributed by atoms with van der Waals surface area (Å²) < 4.78 is 0. The molecule has 0 saturated heterocycles. The number of carbonyl (C=O) groups excluding carboxylic acids is 1. The smallest absolute Gasteiger partial charge is 0.326 e. The van der Waals surface area contributed by atoms with Crippen molar-refractivity contribution in [2.24, 2.45) is 0 Å². The number of rotatable bonds is 8. The van der Waals surface area contributed by atoms with Crippen molar-refractivity contribution < 1.29 is 14.7 Å². The van der Waals surface area contributed by atoms with Crippen LogP contribution in [0, 0.1) is 0 Å². The fourth-order valence-electron chi connectivity index (χ4n) is 1.48. The Hall–Kier alpha value is -1.52. The van der Waals surface area contributed by atoms with Crippen LogP contribution in [0.1, 0.15) is 33.1 Å². The zero-order valence-electron chi connectivity index (χ0n) is 10.6. The average Bonchev–Trinajstić information content (AvgIpc) is 2.28. The number of carbonyl (C=O) groups is 2. The van der Waals surface area contributed by atoms with Crippen LogP contribution in [0.15, 0.2) is 12.7 Å². The van der Waals surface area contributed by atoms with Crippen LogP contribution in [0.25, 0.3) is 0 Å². The molecule has 0 heterocycles. The quantitative estimate of drug-likeness (QED) is 0.638. The van der Waals surface area contributed by atoms with Crippen molar-refractivity contribution in [3.05, 3.63) is 12.7 Å². The molecule has 2 amide bonds. The van der Waals surface area contributed by atoms with Crippen LogP contribution < -0.4 is 5.32 Å². The number of nitrogens with one attached hydrogen (secondary N) is 1. The maximum atomic E-state index is 11.8. The second kappa shape index (κ2) is 8.61. The van der Waals surface area contributed by atoms with Gasteiger partial charge >= 0.3 is 12.0 Å². The number of carboxylic acids is 1. The van der Waals surface area contributed by atoms with Gasteiger partial charge in [-0.05, 0) is 19.3 Å². The minimum atomic E-state index is -1.04. The van der Waals surface area contributed by atoms with E-state index < -0.39 is 12.0 Å². The highest BCUT2D eigenvalue weighted by Crippen LogP contribution is 1.99. The zero-order valence-corrected chi connectivity index (χ0v) is 10.6. The van der Waals surface area contributed by atoms with E-state index in [1.165, 1.54) is 6.08 Å². The molecule has 0 rings (SSSR count). The third kappa shape index (κ3) is 5.94. The van der Waals surface area contributed by atoms with Gasteiger partial charge in [0.2, 0.25) is 0 Å². The lowest BCUT2D eigenvalue weighted by Gasteiger charge is -2.24. The minimum Gasteiger partial charge on any atom is -0.480 e. The molecule has 0 bridgehead atoms. The van der Waals surface area contributed by atoms with E-state index in [0.29, 0.717) is 13.1 Å². The molecule has 2 N–H and O–H groups in total. The topological polar surface area (TPSA) is 69.6 Å². The van der Waals surface area contributed by atoms with Gasteiger partial charge in [0.05, 0.1) is 0 Å². The monoisotopic (exact) mass is 242 g/mol. The van der Waals surface area contributed by atoms with Crippen molar-refractivity contribution in [3.63, 3.8) is 0 Å². The van der Waals surface area contributed by atoms with Gasteiger partial charge in [0, 0.05) is 13.1 Å². The van der Waals surface area contributed by atoms with E-state index in [1.54, 1.807) is 4.90 Å². The van der Waals surface area contributed by atoms with Gasteiger partial charge in [-0.25, -0.2) is 9.59 Å². The summed E-state index contributed by atoms with van der Waals surface area (Å²) in [4.78, 5) is 24.4. The first-order valence-electron chi connectivity index (χ1n) is 5.95. The third-order valence-corrected chi connectivity index (χ3v) is 2.27. The molecule has 0 aromatic heterocycles. The molecule has 1 unspecified atom stereocenters. The van der Waals surface area contributed by atoms with E-state index in [9.17, 15) is 9.59 Å². The van der Waals surface area contributed by atoms with Crippen molar-refractivity contribution >= 4 is 12.0 Å². The summed E-state index contributed by atoms with van der Waals surface area (Å²) >= 11 is 0. The van der Waals surface area contributed by atoms with Gasteiger partial charge in [-0.15, -0.1) is 6.58 Å². The highest BCUT2D eigenvalue weighted by molar-refractivity contribution is 5.82. The maximum Gasteiger partial charge on any atom is 0.326 e. The van der Waals surface area contributed by atoms with Crippen LogP contribution in [0.5, 0.6) is 0 Å². The average molecular weight is 242 g/mol. The van der Waals surface area contributed by atoms with E-state index in [1.807, 2.05) is 13.8 Å². The standard InChI is InChI=1S/C12H22N2O3/c1-4-7-10(11(15)16)13-12(17)14(8-5-2)9-6-3/h4,10H,1,5-9H2,2-3H3,(H,13,17)(H,15,16). The Morgan fingerprint density at radius 3 is 2.24 bits per heavy atom. The number of carboxylic acid groups (broad SMARTS) is 1. The lowest BCUT2D eigenvalue weighted by atomic mass is 10.2. The molecule has 1 atom stereocenters. The molecule has 0 fully saturated rings. The number of urea groups is 1. The molecule has 0 radical (unpaired) electrons. The molecule has 98 valence electrons. The Labute approximate surface area is 102 Å². The molecular weight excluding hydrogens is 220 g/mol. The van der Waals surface area contributed by atoms with Crippen molar-refractivity contribution in [2.45, 2.75) is 39.2 Å². The van der Waals surface area contributed by atoms with Crippen molar-refractivity contribution in [3.8, 4) is 0 Å². The van der Waals surface area contributed by atoms with E-state index in [2.05, 4.69) is 11.9 Å². The van der Waals surface area contributed by atoms with E-state index in [0.717, 1.165) is 12.8 Å². The second-order valence-electron chi connectivity index (χ2n) is 3.85. The van der Waals surface area contributed by atoms with Crippen molar-refractivity contribution in [1.82, 2.24) is 10.2 Å². The van der Waals surface area contributed by atoms with Crippen LogP contribution >= 0.6 is 0 Å². The number of hydrogen-bond acceptors (Lipinski definition) is 2. The predicted octanol–water partition coefficient (Wildman–Crippen LogP) is 1.85. The van der Waals surface area contributed by atoms with Crippen LogP contribution in [0.4, 0.5) is 4.79 Å². The Bertz CT molecular complexity index is 260. The number of amides is 2. The normalized spacial score (nSPS) is 11.6. The van der Waals surface area contributed by atoms with E-state index in [-0.39, 0.29) is 12.5 Å². The summed E-state index contributed by atoms with van der Waals surface area (Å²) in [6, 6.07) is -1.21. The van der Waals surface area contributed by atoms with Crippen LogP contribution in [0.2, 0.25) is 0 Å². The van der Waals surface area contributed by atoms with Gasteiger partial charge in [-0.2, -0.15) is 0 Å². The summed E-state index contributed by atoms with van der Waals surface area (Å²) in [5, 5.41) is 11.4. The van der Waals surface area contributed by atoms with E-state index >= 15 is 0 Å². The van der Waals surface area contributed by atoms with Gasteiger partial charge in [0.25, 0.3) is 0 Å². The molecule has 0 aromatic carbocycles. The SMILES string of the molecule is C=CCC(NC(=O)N(CCC)CCC)C(=O)O. The number of nitrogens with zero attached hydrogens (tertiary/aromatic N) is 1. The van der Waals surface area contributed by atoms with Gasteiger partial charge in [0.15, 0.2) is 0 Å². The summed E-state index contributed by atoms with van der Waals surface area (Å²) in [5.41, 5.74) is 0. The zero-order chi connectivity index (χ0) is 13.3. The molecule has 0 aliphatic carbocycles. The summed E-state index contributed by atoms with van der Waals surface area (Å²) in [5.74, 6) is -1.04. The van der Waals surface area contributed by atoms with Gasteiger partial charge in [-0.1, -0.05) is 19.9 Å². The predicted molar refractivity (Wildman–Crippen MR) is 66.9 cm³/mol. The fourth-order valence-corrected chi connectivity index (χ4v) is 1.48. The summed E-state index contributed by atoms with van der Waals surface area (Å²) in [6.07, 6.45) is 3.43. The first kappa shape index (κ1) is 15.5. The summed E-state index contributed by atoms with van der Waals surface area (Å²) in [7, 11) is 0. The van der Waals surface area contributed by atoms with E-state index in [4.69, 9.17) is 5.11 Å². The van der Waals surface area contributed by atoms with Crippen LogP contribution in [-0.4, -0.2) is 41.1 Å². The Morgan fingerprint density at radius 2 is 1.88 bits per heavy atom. The molecule has 0 spiro atoms. The highest BCUT2D eigenvalue weighted by Gasteiger charge is 2.21. The molecule has 5 heteroatoms. The molecule has 0 aliphatic heterocycles. The first-order chi connectivity index (χ1) is 8.06. The fraction of sp³-hybridized carbons (Fsp3) is 0.667. The van der Waals surface area contributed by atoms with Crippen LogP contribution in [0.3, 0.4) is 0 Å². The van der Waals surface area contributed by atoms with Gasteiger partial charge in [0.1, 0.15) is 6.04 Å². The third-order valence-electron chi connectivity index (χ3n) is 2.27. The molecule has 0 saturated carbocycles. The number of aliphatic carboxylic acids is 1. The van der Waals surface area contributed by atoms with Crippen molar-refractivity contribution in [1.29, 1.82) is 0 Å². The molecule has 5 nitrogen and oxygen atoms in total.